The second-order valence-corrected chi connectivity index (χ2v) is 7.00. The van der Waals surface area contributed by atoms with Gasteiger partial charge in [-0.3, -0.25) is 14.7 Å². The van der Waals surface area contributed by atoms with Crippen molar-refractivity contribution in [1.82, 2.24) is 14.7 Å². The van der Waals surface area contributed by atoms with Crippen LogP contribution < -0.4 is 4.74 Å². The van der Waals surface area contributed by atoms with E-state index in [2.05, 4.69) is 46.0 Å². The minimum atomic E-state index is 0.225. The lowest BCUT2D eigenvalue weighted by Gasteiger charge is -2.38. The maximum atomic E-state index is 9.46. The Hall–Kier alpha value is -1.18. The van der Waals surface area contributed by atoms with Crippen LogP contribution >= 0.6 is 0 Å². The first kappa shape index (κ1) is 18.6. The van der Waals surface area contributed by atoms with Gasteiger partial charge in [0.2, 0.25) is 0 Å². The molecular formula is C19H31N3O3. The standard InChI is InChI=1S/C19H31N3O3/c1-20-6-7-22(15-18(20)16-23)14-17-2-4-19(5-3-17)25-13-10-21-8-11-24-12-9-21/h2-5,18,23H,6-16H2,1H3. The van der Waals surface area contributed by atoms with Crippen molar-refractivity contribution in [2.24, 2.45) is 0 Å². The summed E-state index contributed by atoms with van der Waals surface area (Å²) in [4.78, 5) is 7.03. The molecule has 1 N–H and O–H groups in total. The number of rotatable bonds is 7. The smallest absolute Gasteiger partial charge is 0.119 e. The molecule has 2 aliphatic heterocycles. The van der Waals surface area contributed by atoms with E-state index in [9.17, 15) is 5.11 Å². The highest BCUT2D eigenvalue weighted by Gasteiger charge is 2.23. The summed E-state index contributed by atoms with van der Waals surface area (Å²) in [7, 11) is 2.08. The van der Waals surface area contributed by atoms with Crippen LogP contribution in [0.25, 0.3) is 0 Å². The van der Waals surface area contributed by atoms with Gasteiger partial charge in [-0.05, 0) is 24.7 Å². The van der Waals surface area contributed by atoms with Gasteiger partial charge < -0.3 is 14.6 Å². The molecule has 0 saturated carbocycles. The van der Waals surface area contributed by atoms with E-state index in [1.54, 1.807) is 0 Å². The van der Waals surface area contributed by atoms with Crippen LogP contribution in [-0.2, 0) is 11.3 Å². The van der Waals surface area contributed by atoms with Crippen molar-refractivity contribution in [1.29, 1.82) is 0 Å². The highest BCUT2D eigenvalue weighted by atomic mass is 16.5. The van der Waals surface area contributed by atoms with Gasteiger partial charge in [-0.2, -0.15) is 0 Å². The number of piperazine rings is 1. The Morgan fingerprint density at radius 3 is 2.56 bits per heavy atom. The third-order valence-electron chi connectivity index (χ3n) is 5.18. The molecule has 0 aliphatic carbocycles. The second kappa shape index (κ2) is 9.50. The van der Waals surface area contributed by atoms with E-state index in [0.717, 1.165) is 71.4 Å². The predicted octanol–water partition coefficient (Wildman–Crippen LogP) is 0.506. The van der Waals surface area contributed by atoms with Crippen molar-refractivity contribution in [3.05, 3.63) is 29.8 Å². The molecule has 0 radical (unpaired) electrons. The SMILES string of the molecule is CN1CCN(Cc2ccc(OCCN3CCOCC3)cc2)CC1CO. The lowest BCUT2D eigenvalue weighted by Crippen LogP contribution is -2.52. The molecule has 2 aliphatic rings. The molecule has 6 nitrogen and oxygen atoms in total. The van der Waals surface area contributed by atoms with Gasteiger partial charge in [0.1, 0.15) is 12.4 Å². The first-order chi connectivity index (χ1) is 12.2. The summed E-state index contributed by atoms with van der Waals surface area (Å²) in [5.74, 6) is 0.934. The number of hydrogen-bond acceptors (Lipinski definition) is 6. The lowest BCUT2D eigenvalue weighted by molar-refractivity contribution is 0.0322. The van der Waals surface area contributed by atoms with Crippen LogP contribution in [-0.4, -0.2) is 98.6 Å². The Balaban J connectivity index is 1.41. The van der Waals surface area contributed by atoms with Crippen molar-refractivity contribution in [3.63, 3.8) is 0 Å². The van der Waals surface area contributed by atoms with Crippen LogP contribution in [0, 0.1) is 0 Å². The number of hydrogen-bond donors (Lipinski definition) is 1. The number of likely N-dealkylation sites (N-methyl/N-ethyl adjacent to an activating group) is 1. The maximum Gasteiger partial charge on any atom is 0.119 e. The Bertz CT molecular complexity index is 505. The molecule has 3 rings (SSSR count). The first-order valence-electron chi connectivity index (χ1n) is 9.30. The summed E-state index contributed by atoms with van der Waals surface area (Å²) in [6.45, 7) is 9.47. The number of aliphatic hydroxyl groups excluding tert-OH is 1. The number of aliphatic hydroxyl groups is 1. The molecule has 0 amide bonds. The molecule has 6 heteroatoms. The first-order valence-corrected chi connectivity index (χ1v) is 9.30. The average molecular weight is 349 g/mol. The zero-order valence-electron chi connectivity index (χ0n) is 15.3. The molecule has 0 bridgehead atoms. The molecule has 1 aromatic carbocycles. The van der Waals surface area contributed by atoms with Crippen molar-refractivity contribution >= 4 is 0 Å². The molecule has 2 heterocycles. The Labute approximate surface area is 150 Å². The third kappa shape index (κ3) is 5.66. The molecule has 140 valence electrons. The van der Waals surface area contributed by atoms with E-state index in [4.69, 9.17) is 9.47 Å². The summed E-state index contributed by atoms with van der Waals surface area (Å²) in [5.41, 5.74) is 1.29. The zero-order chi connectivity index (χ0) is 17.5. The van der Waals surface area contributed by atoms with Gasteiger partial charge in [0.25, 0.3) is 0 Å². The van der Waals surface area contributed by atoms with E-state index >= 15 is 0 Å². The number of benzene rings is 1. The summed E-state index contributed by atoms with van der Waals surface area (Å²) in [6, 6.07) is 8.67. The average Bonchev–Trinajstić information content (AvgIpc) is 2.65. The molecule has 25 heavy (non-hydrogen) atoms. The summed E-state index contributed by atoms with van der Waals surface area (Å²) in [6.07, 6.45) is 0. The molecule has 1 atom stereocenters. The molecule has 2 fully saturated rings. The van der Waals surface area contributed by atoms with E-state index in [0.29, 0.717) is 0 Å². The topological polar surface area (TPSA) is 48.4 Å². The van der Waals surface area contributed by atoms with E-state index in [1.165, 1.54) is 5.56 Å². The normalized spacial score (nSPS) is 23.7. The predicted molar refractivity (Wildman–Crippen MR) is 98.0 cm³/mol. The van der Waals surface area contributed by atoms with Crippen LogP contribution in [0.3, 0.4) is 0 Å². The van der Waals surface area contributed by atoms with Crippen molar-refractivity contribution in [2.75, 3.05) is 72.7 Å². The van der Waals surface area contributed by atoms with E-state index < -0.39 is 0 Å². The Morgan fingerprint density at radius 1 is 1.08 bits per heavy atom. The van der Waals surface area contributed by atoms with Crippen LogP contribution in [0.15, 0.2) is 24.3 Å². The van der Waals surface area contributed by atoms with Gasteiger partial charge in [0.05, 0.1) is 19.8 Å². The summed E-state index contributed by atoms with van der Waals surface area (Å²) >= 11 is 0. The third-order valence-corrected chi connectivity index (χ3v) is 5.18. The minimum absolute atomic E-state index is 0.225. The molecule has 2 saturated heterocycles. The molecule has 1 unspecified atom stereocenters. The molecule has 0 spiro atoms. The zero-order valence-corrected chi connectivity index (χ0v) is 15.3. The lowest BCUT2D eigenvalue weighted by atomic mass is 10.1. The van der Waals surface area contributed by atoms with Crippen LogP contribution in [0.4, 0.5) is 0 Å². The minimum Gasteiger partial charge on any atom is -0.492 e. The van der Waals surface area contributed by atoms with Gasteiger partial charge in [0, 0.05) is 51.9 Å². The fraction of sp³-hybridized carbons (Fsp3) is 0.684. The second-order valence-electron chi connectivity index (χ2n) is 7.00. The van der Waals surface area contributed by atoms with Gasteiger partial charge in [-0.25, -0.2) is 0 Å². The summed E-state index contributed by atoms with van der Waals surface area (Å²) in [5, 5.41) is 9.46. The quantitative estimate of drug-likeness (QED) is 0.774. The number of morpholine rings is 1. The van der Waals surface area contributed by atoms with Gasteiger partial charge in [0.15, 0.2) is 0 Å². The van der Waals surface area contributed by atoms with Crippen LogP contribution in [0.5, 0.6) is 5.75 Å². The summed E-state index contributed by atoms with van der Waals surface area (Å²) < 4.78 is 11.2. The van der Waals surface area contributed by atoms with Crippen molar-refractivity contribution in [3.8, 4) is 5.75 Å². The fourth-order valence-corrected chi connectivity index (χ4v) is 3.42. The number of ether oxygens (including phenoxy) is 2. The number of nitrogens with zero attached hydrogens (tertiary/aromatic N) is 3. The maximum absolute atomic E-state index is 9.46. The highest BCUT2D eigenvalue weighted by molar-refractivity contribution is 5.27. The molecule has 1 aromatic rings. The van der Waals surface area contributed by atoms with Crippen LogP contribution in [0.2, 0.25) is 0 Å². The van der Waals surface area contributed by atoms with Crippen LogP contribution in [0.1, 0.15) is 5.56 Å². The molecular weight excluding hydrogens is 318 g/mol. The Morgan fingerprint density at radius 2 is 1.84 bits per heavy atom. The fourth-order valence-electron chi connectivity index (χ4n) is 3.42. The largest absolute Gasteiger partial charge is 0.492 e. The van der Waals surface area contributed by atoms with Gasteiger partial charge in [-0.15, -0.1) is 0 Å². The monoisotopic (exact) mass is 349 g/mol. The van der Waals surface area contributed by atoms with Crippen molar-refractivity contribution < 1.29 is 14.6 Å². The Kier molecular flexibility index (Phi) is 7.07. The van der Waals surface area contributed by atoms with Gasteiger partial charge >= 0.3 is 0 Å². The molecule has 0 aromatic heterocycles. The van der Waals surface area contributed by atoms with E-state index in [1.807, 2.05) is 0 Å². The van der Waals surface area contributed by atoms with E-state index in [-0.39, 0.29) is 12.6 Å². The highest BCUT2D eigenvalue weighted by Crippen LogP contribution is 2.16. The van der Waals surface area contributed by atoms with Crippen molar-refractivity contribution in [2.45, 2.75) is 12.6 Å². The van der Waals surface area contributed by atoms with Gasteiger partial charge in [-0.1, -0.05) is 12.1 Å².